The zero-order valence-corrected chi connectivity index (χ0v) is 12.5. The van der Waals surface area contributed by atoms with Crippen molar-refractivity contribution in [2.24, 2.45) is 5.92 Å². The molecular formula is C16H26N2O2. The fraction of sp³-hybridized carbons (Fsp3) is 0.875. The number of piperazine rings is 1. The van der Waals surface area contributed by atoms with Crippen molar-refractivity contribution in [2.75, 3.05) is 6.54 Å². The van der Waals surface area contributed by atoms with Crippen LogP contribution in [0.15, 0.2) is 0 Å². The Balaban J connectivity index is 1.75. The van der Waals surface area contributed by atoms with Crippen LogP contribution in [0.25, 0.3) is 0 Å². The standard InChI is InChI=1S/C16H26N2O2/c1-12-14(19)17-16(9-5-6-10-16)15(20)18(12)11-13-7-3-2-4-8-13/h12-13H,2-11H2,1H3,(H,17,19). The zero-order valence-electron chi connectivity index (χ0n) is 12.5. The average Bonchev–Trinajstić information content (AvgIpc) is 2.92. The number of amides is 2. The SMILES string of the molecule is CC1C(=O)NC2(CCCC2)C(=O)N1CC1CCCCC1. The third-order valence-corrected chi connectivity index (χ3v) is 5.52. The molecule has 4 nitrogen and oxygen atoms in total. The fourth-order valence-corrected chi connectivity index (χ4v) is 4.19. The predicted molar refractivity (Wildman–Crippen MR) is 77.1 cm³/mol. The van der Waals surface area contributed by atoms with E-state index >= 15 is 0 Å². The van der Waals surface area contributed by atoms with Crippen LogP contribution in [0.3, 0.4) is 0 Å². The van der Waals surface area contributed by atoms with Crippen molar-refractivity contribution >= 4 is 11.8 Å². The Morgan fingerprint density at radius 3 is 2.40 bits per heavy atom. The Labute approximate surface area is 121 Å². The summed E-state index contributed by atoms with van der Waals surface area (Å²) in [7, 11) is 0. The molecule has 2 aliphatic carbocycles. The molecule has 3 rings (SSSR count). The molecule has 112 valence electrons. The van der Waals surface area contributed by atoms with Crippen LogP contribution in [0.4, 0.5) is 0 Å². The second-order valence-corrected chi connectivity index (χ2v) is 6.92. The lowest BCUT2D eigenvalue weighted by Crippen LogP contribution is -2.69. The minimum Gasteiger partial charge on any atom is -0.340 e. The fourth-order valence-electron chi connectivity index (χ4n) is 4.19. The molecule has 2 amide bonds. The average molecular weight is 278 g/mol. The van der Waals surface area contributed by atoms with Crippen molar-refractivity contribution in [2.45, 2.75) is 76.3 Å². The molecule has 3 aliphatic rings. The highest BCUT2D eigenvalue weighted by molar-refractivity contribution is 5.99. The third-order valence-electron chi connectivity index (χ3n) is 5.52. The molecule has 0 aromatic heterocycles. The molecule has 20 heavy (non-hydrogen) atoms. The van der Waals surface area contributed by atoms with Gasteiger partial charge in [0.2, 0.25) is 11.8 Å². The van der Waals surface area contributed by atoms with Gasteiger partial charge in [-0.1, -0.05) is 32.1 Å². The first-order valence-corrected chi connectivity index (χ1v) is 8.25. The number of hydrogen-bond acceptors (Lipinski definition) is 2. The molecule has 1 atom stereocenters. The summed E-state index contributed by atoms with van der Waals surface area (Å²) in [6, 6.07) is -0.296. The smallest absolute Gasteiger partial charge is 0.249 e. The van der Waals surface area contributed by atoms with E-state index in [1.807, 2.05) is 11.8 Å². The van der Waals surface area contributed by atoms with Crippen LogP contribution in [0.2, 0.25) is 0 Å². The maximum absolute atomic E-state index is 12.9. The summed E-state index contributed by atoms with van der Waals surface area (Å²) in [5, 5.41) is 3.03. The molecule has 1 N–H and O–H groups in total. The van der Waals surface area contributed by atoms with E-state index in [1.165, 1.54) is 32.1 Å². The number of hydrogen-bond donors (Lipinski definition) is 1. The lowest BCUT2D eigenvalue weighted by molar-refractivity contribution is -0.155. The molecule has 1 heterocycles. The van der Waals surface area contributed by atoms with E-state index in [1.54, 1.807) is 0 Å². The van der Waals surface area contributed by atoms with Crippen molar-refractivity contribution in [3.05, 3.63) is 0 Å². The van der Waals surface area contributed by atoms with Crippen LogP contribution in [0, 0.1) is 5.92 Å². The summed E-state index contributed by atoms with van der Waals surface area (Å²) in [6.07, 6.45) is 10.1. The number of rotatable bonds is 2. The van der Waals surface area contributed by atoms with Crippen molar-refractivity contribution < 1.29 is 9.59 Å². The van der Waals surface area contributed by atoms with E-state index in [9.17, 15) is 9.59 Å². The lowest BCUT2D eigenvalue weighted by atomic mass is 9.86. The maximum atomic E-state index is 12.9. The van der Waals surface area contributed by atoms with Gasteiger partial charge in [0.15, 0.2) is 0 Å². The van der Waals surface area contributed by atoms with Gasteiger partial charge in [0.1, 0.15) is 11.6 Å². The van der Waals surface area contributed by atoms with E-state index in [0.717, 1.165) is 32.2 Å². The molecule has 1 saturated heterocycles. The molecule has 0 radical (unpaired) electrons. The molecule has 0 aromatic carbocycles. The lowest BCUT2D eigenvalue weighted by Gasteiger charge is -2.44. The van der Waals surface area contributed by atoms with E-state index in [4.69, 9.17) is 0 Å². The molecule has 0 aromatic rings. The Morgan fingerprint density at radius 1 is 1.10 bits per heavy atom. The van der Waals surface area contributed by atoms with Crippen LogP contribution < -0.4 is 5.32 Å². The van der Waals surface area contributed by atoms with Crippen molar-refractivity contribution in [1.29, 1.82) is 0 Å². The molecular weight excluding hydrogens is 252 g/mol. The number of nitrogens with one attached hydrogen (secondary N) is 1. The van der Waals surface area contributed by atoms with E-state index < -0.39 is 5.54 Å². The van der Waals surface area contributed by atoms with Gasteiger partial charge in [0.05, 0.1) is 0 Å². The number of nitrogens with zero attached hydrogens (tertiary/aromatic N) is 1. The Morgan fingerprint density at radius 2 is 1.75 bits per heavy atom. The van der Waals surface area contributed by atoms with Crippen LogP contribution in [-0.4, -0.2) is 34.8 Å². The normalized spacial score (nSPS) is 30.9. The van der Waals surface area contributed by atoms with Gasteiger partial charge in [0, 0.05) is 6.54 Å². The second kappa shape index (κ2) is 5.38. The minimum absolute atomic E-state index is 0.0438. The molecule has 4 heteroatoms. The first kappa shape index (κ1) is 13.9. The summed E-state index contributed by atoms with van der Waals surface area (Å²) >= 11 is 0. The van der Waals surface area contributed by atoms with Gasteiger partial charge in [-0.15, -0.1) is 0 Å². The molecule has 1 unspecified atom stereocenters. The van der Waals surface area contributed by atoms with E-state index in [-0.39, 0.29) is 17.9 Å². The predicted octanol–water partition coefficient (Wildman–Crippen LogP) is 2.23. The summed E-state index contributed by atoms with van der Waals surface area (Å²) in [4.78, 5) is 27.0. The summed E-state index contributed by atoms with van der Waals surface area (Å²) in [5.74, 6) is 0.828. The molecule has 0 bridgehead atoms. The largest absolute Gasteiger partial charge is 0.340 e. The summed E-state index contributed by atoms with van der Waals surface area (Å²) in [6.45, 7) is 2.66. The highest BCUT2D eigenvalue weighted by Gasteiger charge is 2.51. The molecule has 1 spiro atoms. The third kappa shape index (κ3) is 2.33. The molecule has 2 saturated carbocycles. The van der Waals surface area contributed by atoms with E-state index in [0.29, 0.717) is 5.92 Å². The van der Waals surface area contributed by atoms with Crippen LogP contribution in [0.5, 0.6) is 0 Å². The Kier molecular flexibility index (Phi) is 3.74. The summed E-state index contributed by atoms with van der Waals surface area (Å²) < 4.78 is 0. The first-order chi connectivity index (χ1) is 9.62. The Bertz CT molecular complexity index is 395. The monoisotopic (exact) mass is 278 g/mol. The first-order valence-electron chi connectivity index (χ1n) is 8.25. The Hall–Kier alpha value is -1.06. The van der Waals surface area contributed by atoms with Crippen molar-refractivity contribution in [3.8, 4) is 0 Å². The van der Waals surface area contributed by atoms with Gasteiger partial charge >= 0.3 is 0 Å². The van der Waals surface area contributed by atoms with Crippen LogP contribution in [0.1, 0.15) is 64.7 Å². The highest BCUT2D eigenvalue weighted by Crippen LogP contribution is 2.35. The molecule has 3 fully saturated rings. The summed E-state index contributed by atoms with van der Waals surface area (Å²) in [5.41, 5.74) is -0.557. The maximum Gasteiger partial charge on any atom is 0.249 e. The van der Waals surface area contributed by atoms with Gasteiger partial charge < -0.3 is 10.2 Å². The van der Waals surface area contributed by atoms with E-state index in [2.05, 4.69) is 5.32 Å². The molecule has 1 aliphatic heterocycles. The second-order valence-electron chi connectivity index (χ2n) is 6.92. The van der Waals surface area contributed by atoms with Crippen LogP contribution in [-0.2, 0) is 9.59 Å². The van der Waals surface area contributed by atoms with Gasteiger partial charge in [-0.3, -0.25) is 9.59 Å². The van der Waals surface area contributed by atoms with Crippen LogP contribution >= 0.6 is 0 Å². The minimum atomic E-state index is -0.557. The van der Waals surface area contributed by atoms with Crippen molar-refractivity contribution in [1.82, 2.24) is 10.2 Å². The topological polar surface area (TPSA) is 49.4 Å². The highest BCUT2D eigenvalue weighted by atomic mass is 16.2. The van der Waals surface area contributed by atoms with Gasteiger partial charge in [-0.2, -0.15) is 0 Å². The van der Waals surface area contributed by atoms with Gasteiger partial charge in [-0.05, 0) is 38.5 Å². The van der Waals surface area contributed by atoms with Crippen molar-refractivity contribution in [3.63, 3.8) is 0 Å². The van der Waals surface area contributed by atoms with Gasteiger partial charge in [0.25, 0.3) is 0 Å². The zero-order chi connectivity index (χ0) is 14.2. The number of carbonyl (C=O) groups excluding carboxylic acids is 2. The van der Waals surface area contributed by atoms with Gasteiger partial charge in [-0.25, -0.2) is 0 Å². The number of carbonyl (C=O) groups is 2. The quantitative estimate of drug-likeness (QED) is 0.842.